The van der Waals surface area contributed by atoms with Crippen LogP contribution in [0.3, 0.4) is 0 Å². The molecule has 0 aliphatic carbocycles. The molecule has 0 amide bonds. The second-order valence-corrected chi connectivity index (χ2v) is 0.0913. The fourth-order valence-electron chi connectivity index (χ4n) is 0. The van der Waals surface area contributed by atoms with Crippen molar-refractivity contribution in [1.82, 2.24) is 0 Å². The zero-order chi connectivity index (χ0) is 2.71. The Balaban J connectivity index is -0.0000000200. The van der Waals surface area contributed by atoms with Gasteiger partial charge >= 0.3 is 0 Å². The van der Waals surface area contributed by atoms with Gasteiger partial charge in [0.25, 0.3) is 0 Å². The molecule has 0 aromatic rings. The fourth-order valence-corrected chi connectivity index (χ4v) is 0. The summed E-state index contributed by atoms with van der Waals surface area (Å²) in [5, 5.41) is 6.76. The third kappa shape index (κ3) is 56.9. The van der Waals surface area contributed by atoms with Crippen molar-refractivity contribution < 1.29 is 51.4 Å². The van der Waals surface area contributed by atoms with Crippen LogP contribution in [0.2, 0.25) is 0 Å². The van der Waals surface area contributed by atoms with E-state index in [0.29, 0.717) is 6.47 Å². The van der Waals surface area contributed by atoms with Crippen molar-refractivity contribution in [3.8, 4) is 0 Å². The number of aliphatic hydroxyl groups excluding tert-OH is 1. The van der Waals surface area contributed by atoms with E-state index in [9.17, 15) is 0 Å². The second kappa shape index (κ2) is 21.2. The van der Waals surface area contributed by atoms with E-state index >= 15 is 0 Å². The maximum Gasteiger partial charge on any atom is 0 e. The topological polar surface area (TPSA) is 37.3 Å². The smallest absolute Gasteiger partial charge is 0 e. The molecule has 0 saturated heterocycles. The molecule has 0 aliphatic rings. The van der Waals surface area contributed by atoms with E-state index < -0.39 is 0 Å². The minimum Gasteiger partial charge on any atom is -0.665 e. The SMILES string of the molecule is O=[C-]O.[Pd].[Pt]. The van der Waals surface area contributed by atoms with Gasteiger partial charge in [-0.1, -0.05) is 6.47 Å². The Morgan fingerprint density at radius 3 is 1.60 bits per heavy atom. The molecule has 0 aliphatic heterocycles. The van der Waals surface area contributed by atoms with Crippen LogP contribution >= 0.6 is 0 Å². The predicted octanol–water partition coefficient (Wildman–Crippen LogP) is -0.393. The normalized spacial score (nSPS) is 2.40. The molecule has 0 radical (unpaired) electrons. The first-order valence-corrected chi connectivity index (χ1v) is 0.428. The van der Waals surface area contributed by atoms with Gasteiger partial charge in [-0.15, -0.1) is 0 Å². The van der Waals surface area contributed by atoms with Crippen LogP contribution in [-0.4, -0.2) is 11.6 Å². The molecule has 38 valence electrons. The predicted molar refractivity (Wildman–Crippen MR) is 8.32 cm³/mol. The van der Waals surface area contributed by atoms with E-state index in [-0.39, 0.29) is 41.5 Å². The van der Waals surface area contributed by atoms with Gasteiger partial charge in [0.15, 0.2) is 0 Å². The van der Waals surface area contributed by atoms with E-state index in [1.165, 1.54) is 0 Å². The van der Waals surface area contributed by atoms with Crippen molar-refractivity contribution in [3.05, 3.63) is 0 Å². The minimum absolute atomic E-state index is 0. The van der Waals surface area contributed by atoms with Crippen molar-refractivity contribution in [2.75, 3.05) is 0 Å². The van der Waals surface area contributed by atoms with Crippen molar-refractivity contribution in [2.45, 2.75) is 0 Å². The summed E-state index contributed by atoms with van der Waals surface area (Å²) < 4.78 is 0. The summed E-state index contributed by atoms with van der Waals surface area (Å²) in [6, 6.07) is 0. The number of hydrogen-bond donors (Lipinski definition) is 1. The Morgan fingerprint density at radius 2 is 1.60 bits per heavy atom. The van der Waals surface area contributed by atoms with Gasteiger partial charge in [0.2, 0.25) is 0 Å². The zero-order valence-corrected chi connectivity index (χ0v) is 5.81. The second-order valence-electron chi connectivity index (χ2n) is 0.0913. The molecule has 2 nitrogen and oxygen atoms in total. The molecule has 0 saturated carbocycles. The van der Waals surface area contributed by atoms with E-state index in [1.54, 1.807) is 0 Å². The van der Waals surface area contributed by atoms with Crippen LogP contribution < -0.4 is 0 Å². The number of hydrogen-bond acceptors (Lipinski definition) is 1. The van der Waals surface area contributed by atoms with E-state index in [1.807, 2.05) is 0 Å². The van der Waals surface area contributed by atoms with Gasteiger partial charge in [-0.3, -0.25) is 0 Å². The average Bonchev–Trinajstić information content (AvgIpc) is 0.918. The van der Waals surface area contributed by atoms with Gasteiger partial charge in [-0.2, -0.15) is 0 Å². The van der Waals surface area contributed by atoms with Crippen LogP contribution in [-0.2, 0) is 46.3 Å². The molecule has 0 spiro atoms. The third-order valence-electron chi connectivity index (χ3n) is 0. The van der Waals surface area contributed by atoms with Crippen LogP contribution in [0, 0.1) is 0 Å². The molecule has 0 aromatic carbocycles. The molecular formula is CHO2PdPt-. The summed E-state index contributed by atoms with van der Waals surface area (Å²) in [5.41, 5.74) is 0. The first-order valence-electron chi connectivity index (χ1n) is 0.428. The fraction of sp³-hybridized carbons (Fsp3) is 0. The molecule has 0 heterocycles. The van der Waals surface area contributed by atoms with E-state index in [0.717, 1.165) is 0 Å². The van der Waals surface area contributed by atoms with Gasteiger partial charge in [0, 0.05) is 41.5 Å². The Morgan fingerprint density at radius 1 is 1.60 bits per heavy atom. The standard InChI is InChI=1S/CHO2.Pd.Pt/c2-1-3;;/h(H,2,3);;/q-1;;. The van der Waals surface area contributed by atoms with E-state index in [4.69, 9.17) is 9.90 Å². The molecule has 0 atom stereocenters. The number of rotatable bonds is 0. The van der Waals surface area contributed by atoms with Crippen molar-refractivity contribution in [2.24, 2.45) is 0 Å². The molecule has 0 aromatic heterocycles. The van der Waals surface area contributed by atoms with Gasteiger partial charge in [-0.05, 0) is 0 Å². The van der Waals surface area contributed by atoms with Crippen molar-refractivity contribution in [1.29, 1.82) is 0 Å². The molecule has 0 rings (SSSR count). The quantitative estimate of drug-likeness (QED) is 0.479. The molecule has 0 bridgehead atoms. The van der Waals surface area contributed by atoms with Crippen molar-refractivity contribution in [3.63, 3.8) is 0 Å². The van der Waals surface area contributed by atoms with Gasteiger partial charge in [-0.25, -0.2) is 0 Å². The van der Waals surface area contributed by atoms with Gasteiger partial charge < -0.3 is 9.90 Å². The van der Waals surface area contributed by atoms with Crippen LogP contribution in [0.25, 0.3) is 0 Å². The summed E-state index contributed by atoms with van der Waals surface area (Å²) in [7, 11) is 0. The maximum atomic E-state index is 8.24. The summed E-state index contributed by atoms with van der Waals surface area (Å²) in [6.45, 7) is 0.500. The molecule has 1 N–H and O–H groups in total. The summed E-state index contributed by atoms with van der Waals surface area (Å²) in [4.78, 5) is 8.24. The Kier molecular flexibility index (Phi) is 72.2. The Hall–Kier alpha value is 0.821. The summed E-state index contributed by atoms with van der Waals surface area (Å²) in [6.07, 6.45) is 0. The van der Waals surface area contributed by atoms with Crippen LogP contribution in [0.1, 0.15) is 0 Å². The Bertz CT molecular complexity index is 17.1. The average molecular weight is 347 g/mol. The molecule has 5 heavy (non-hydrogen) atoms. The maximum absolute atomic E-state index is 8.24. The minimum atomic E-state index is 0. The summed E-state index contributed by atoms with van der Waals surface area (Å²) >= 11 is 0. The van der Waals surface area contributed by atoms with E-state index in [2.05, 4.69) is 0 Å². The Labute approximate surface area is 57.9 Å². The molecule has 4 heteroatoms. The first-order chi connectivity index (χ1) is 1.41. The third-order valence-corrected chi connectivity index (χ3v) is 0. The van der Waals surface area contributed by atoms with Gasteiger partial charge in [0.1, 0.15) is 0 Å². The van der Waals surface area contributed by atoms with Crippen LogP contribution in [0.4, 0.5) is 0 Å². The van der Waals surface area contributed by atoms with Crippen molar-refractivity contribution >= 4 is 6.47 Å². The molecule has 0 unspecified atom stereocenters. The van der Waals surface area contributed by atoms with Crippen LogP contribution in [0.15, 0.2) is 0 Å². The van der Waals surface area contributed by atoms with Gasteiger partial charge in [0.05, 0.1) is 0 Å². The molecular weight excluding hydrogens is 346 g/mol. The first kappa shape index (κ1) is 17.0. The largest absolute Gasteiger partial charge is 0.665 e. The molecule has 0 fully saturated rings. The summed E-state index contributed by atoms with van der Waals surface area (Å²) in [5.74, 6) is 0. The zero-order valence-electron chi connectivity index (χ0n) is 1.99. The monoisotopic (exact) mass is 346 g/mol. The van der Waals surface area contributed by atoms with Crippen LogP contribution in [0.5, 0.6) is 0 Å².